The maximum atomic E-state index is 6.02. The number of anilines is 3. The zero-order valence-electron chi connectivity index (χ0n) is 10.1. The smallest absolute Gasteiger partial charge is 0.0618 e. The number of nitrogens with two attached hydrogens (primary N) is 1. The summed E-state index contributed by atoms with van der Waals surface area (Å²) in [7, 11) is 0. The van der Waals surface area contributed by atoms with Crippen molar-refractivity contribution < 1.29 is 0 Å². The Hall–Kier alpha value is -2.00. The van der Waals surface area contributed by atoms with Crippen LogP contribution >= 0.6 is 11.3 Å². The molecular formula is C15H14N2S. The summed E-state index contributed by atoms with van der Waals surface area (Å²) < 4.78 is 1.28. The summed E-state index contributed by atoms with van der Waals surface area (Å²) in [5, 5.41) is 6.78. The van der Waals surface area contributed by atoms with Gasteiger partial charge in [-0.3, -0.25) is 0 Å². The van der Waals surface area contributed by atoms with Crippen molar-refractivity contribution in [3.05, 3.63) is 53.4 Å². The number of nitrogens with one attached hydrogen (secondary N) is 1. The molecule has 90 valence electrons. The molecule has 0 fully saturated rings. The first-order valence-corrected chi connectivity index (χ1v) is 6.71. The fraction of sp³-hybridized carbons (Fsp3) is 0.0667. The highest BCUT2D eigenvalue weighted by molar-refractivity contribution is 7.17. The SMILES string of the molecule is Cc1ccc(Nc2csc3ccccc23)c(N)c1. The fourth-order valence-electron chi connectivity index (χ4n) is 2.02. The highest BCUT2D eigenvalue weighted by Crippen LogP contribution is 2.33. The van der Waals surface area contributed by atoms with Crippen LogP contribution in [0.3, 0.4) is 0 Å². The number of nitrogen functional groups attached to an aromatic ring is 1. The number of thiophene rings is 1. The van der Waals surface area contributed by atoms with E-state index in [0.29, 0.717) is 0 Å². The van der Waals surface area contributed by atoms with E-state index in [0.717, 1.165) is 17.1 Å². The van der Waals surface area contributed by atoms with Crippen molar-refractivity contribution in [3.63, 3.8) is 0 Å². The first-order valence-electron chi connectivity index (χ1n) is 5.83. The molecule has 2 nitrogen and oxygen atoms in total. The van der Waals surface area contributed by atoms with E-state index in [1.165, 1.54) is 15.6 Å². The maximum Gasteiger partial charge on any atom is 0.0618 e. The molecule has 2 aromatic carbocycles. The minimum atomic E-state index is 0.783. The standard InChI is InChI=1S/C15H14N2S/c1-10-6-7-13(12(16)8-10)17-14-9-18-15-5-3-2-4-11(14)15/h2-9,17H,16H2,1H3. The van der Waals surface area contributed by atoms with Crippen molar-refractivity contribution in [1.29, 1.82) is 0 Å². The molecule has 0 atom stereocenters. The Balaban J connectivity index is 2.01. The van der Waals surface area contributed by atoms with Gasteiger partial charge in [0.1, 0.15) is 0 Å². The van der Waals surface area contributed by atoms with Crippen LogP contribution in [0.2, 0.25) is 0 Å². The van der Waals surface area contributed by atoms with E-state index in [1.807, 2.05) is 19.1 Å². The predicted octanol–water partition coefficient (Wildman–Crippen LogP) is 4.54. The van der Waals surface area contributed by atoms with Gasteiger partial charge in [0.2, 0.25) is 0 Å². The molecule has 0 saturated carbocycles. The van der Waals surface area contributed by atoms with E-state index in [9.17, 15) is 0 Å². The van der Waals surface area contributed by atoms with Crippen LogP contribution < -0.4 is 11.1 Å². The second-order valence-electron chi connectivity index (χ2n) is 4.36. The molecule has 18 heavy (non-hydrogen) atoms. The van der Waals surface area contributed by atoms with Crippen LogP contribution in [0.4, 0.5) is 17.1 Å². The number of fused-ring (bicyclic) bond motifs is 1. The lowest BCUT2D eigenvalue weighted by molar-refractivity contribution is 1.46. The summed E-state index contributed by atoms with van der Waals surface area (Å²) in [5.41, 5.74) is 10.1. The van der Waals surface area contributed by atoms with Gasteiger partial charge >= 0.3 is 0 Å². The topological polar surface area (TPSA) is 38.0 Å². The number of aryl methyl sites for hydroxylation is 1. The zero-order chi connectivity index (χ0) is 12.5. The molecule has 3 aromatic rings. The van der Waals surface area contributed by atoms with Gasteiger partial charge in [0.15, 0.2) is 0 Å². The van der Waals surface area contributed by atoms with E-state index in [4.69, 9.17) is 5.73 Å². The zero-order valence-corrected chi connectivity index (χ0v) is 10.9. The van der Waals surface area contributed by atoms with E-state index < -0.39 is 0 Å². The molecule has 0 spiro atoms. The second kappa shape index (κ2) is 4.35. The molecule has 0 saturated heterocycles. The van der Waals surface area contributed by atoms with Gasteiger partial charge in [-0.1, -0.05) is 24.3 Å². The van der Waals surface area contributed by atoms with Gasteiger partial charge in [-0.25, -0.2) is 0 Å². The van der Waals surface area contributed by atoms with Crippen LogP contribution in [0.25, 0.3) is 10.1 Å². The molecule has 0 unspecified atom stereocenters. The molecule has 0 radical (unpaired) electrons. The lowest BCUT2D eigenvalue weighted by atomic mass is 10.2. The molecule has 0 aliphatic heterocycles. The summed E-state index contributed by atoms with van der Waals surface area (Å²) in [4.78, 5) is 0. The van der Waals surface area contributed by atoms with E-state index in [1.54, 1.807) is 11.3 Å². The summed E-state index contributed by atoms with van der Waals surface area (Å²) in [6.45, 7) is 2.04. The first kappa shape index (κ1) is 11.1. The number of hydrogen-bond acceptors (Lipinski definition) is 3. The molecular weight excluding hydrogens is 240 g/mol. The largest absolute Gasteiger partial charge is 0.397 e. The maximum absolute atomic E-state index is 6.02. The quantitative estimate of drug-likeness (QED) is 0.659. The number of benzene rings is 2. The Morgan fingerprint density at radius 3 is 2.72 bits per heavy atom. The van der Waals surface area contributed by atoms with Crippen molar-refractivity contribution in [2.45, 2.75) is 6.92 Å². The van der Waals surface area contributed by atoms with Gasteiger partial charge in [-0.15, -0.1) is 11.3 Å². The van der Waals surface area contributed by atoms with Gasteiger partial charge in [0.25, 0.3) is 0 Å². The lowest BCUT2D eigenvalue weighted by Gasteiger charge is -2.09. The third kappa shape index (κ3) is 1.93. The third-order valence-electron chi connectivity index (χ3n) is 2.96. The van der Waals surface area contributed by atoms with Crippen LogP contribution in [0.1, 0.15) is 5.56 Å². The van der Waals surface area contributed by atoms with Crippen molar-refractivity contribution in [2.75, 3.05) is 11.1 Å². The summed E-state index contributed by atoms with van der Waals surface area (Å²) >= 11 is 1.74. The minimum absolute atomic E-state index is 0.783. The van der Waals surface area contributed by atoms with E-state index in [2.05, 4.69) is 41.0 Å². The van der Waals surface area contributed by atoms with Crippen molar-refractivity contribution in [1.82, 2.24) is 0 Å². The minimum Gasteiger partial charge on any atom is -0.397 e. The Morgan fingerprint density at radius 2 is 1.89 bits per heavy atom. The highest BCUT2D eigenvalue weighted by atomic mass is 32.1. The van der Waals surface area contributed by atoms with E-state index in [-0.39, 0.29) is 0 Å². The van der Waals surface area contributed by atoms with Crippen molar-refractivity contribution in [2.24, 2.45) is 0 Å². The van der Waals surface area contributed by atoms with Crippen LogP contribution in [-0.4, -0.2) is 0 Å². The lowest BCUT2D eigenvalue weighted by Crippen LogP contribution is -1.95. The molecule has 1 aromatic heterocycles. The Labute approximate surface area is 110 Å². The normalized spacial score (nSPS) is 10.7. The van der Waals surface area contributed by atoms with Gasteiger partial charge in [0, 0.05) is 15.5 Å². The third-order valence-corrected chi connectivity index (χ3v) is 3.92. The molecule has 3 heteroatoms. The molecule has 0 aliphatic carbocycles. The molecule has 1 heterocycles. The summed E-state index contributed by atoms with van der Waals surface area (Å²) in [6.07, 6.45) is 0. The average molecular weight is 254 g/mol. The summed E-state index contributed by atoms with van der Waals surface area (Å²) in [6, 6.07) is 14.4. The number of rotatable bonds is 2. The van der Waals surface area contributed by atoms with Crippen LogP contribution in [-0.2, 0) is 0 Å². The molecule has 0 amide bonds. The monoisotopic (exact) mass is 254 g/mol. The molecule has 0 bridgehead atoms. The van der Waals surface area contributed by atoms with Gasteiger partial charge in [0.05, 0.1) is 17.1 Å². The predicted molar refractivity (Wildman–Crippen MR) is 80.7 cm³/mol. The fourth-order valence-corrected chi connectivity index (χ4v) is 2.91. The van der Waals surface area contributed by atoms with Gasteiger partial charge in [-0.05, 0) is 30.7 Å². The number of hydrogen-bond donors (Lipinski definition) is 2. The van der Waals surface area contributed by atoms with Crippen LogP contribution in [0, 0.1) is 6.92 Å². The van der Waals surface area contributed by atoms with E-state index >= 15 is 0 Å². The van der Waals surface area contributed by atoms with Gasteiger partial charge < -0.3 is 11.1 Å². The Bertz CT molecular complexity index is 701. The van der Waals surface area contributed by atoms with Crippen molar-refractivity contribution >= 4 is 38.5 Å². The summed E-state index contributed by atoms with van der Waals surface area (Å²) in [5.74, 6) is 0. The van der Waals surface area contributed by atoms with Crippen molar-refractivity contribution in [3.8, 4) is 0 Å². The van der Waals surface area contributed by atoms with Gasteiger partial charge in [-0.2, -0.15) is 0 Å². The van der Waals surface area contributed by atoms with Crippen LogP contribution in [0.5, 0.6) is 0 Å². The highest BCUT2D eigenvalue weighted by Gasteiger charge is 2.05. The second-order valence-corrected chi connectivity index (χ2v) is 5.27. The first-order chi connectivity index (χ1) is 8.74. The van der Waals surface area contributed by atoms with Crippen LogP contribution in [0.15, 0.2) is 47.8 Å². The molecule has 0 aliphatic rings. The Morgan fingerprint density at radius 1 is 1.06 bits per heavy atom. The molecule has 3 rings (SSSR count). The average Bonchev–Trinajstić information content (AvgIpc) is 2.76. The molecule has 3 N–H and O–H groups in total. The Kier molecular flexibility index (Phi) is 2.68.